The number of carbonyl (C=O) groups is 1. The highest BCUT2D eigenvalue weighted by atomic mass is 19.4. The maximum Gasteiger partial charge on any atom is 0.471 e. The summed E-state index contributed by atoms with van der Waals surface area (Å²) in [5, 5.41) is 10.4. The van der Waals surface area contributed by atoms with Crippen molar-refractivity contribution in [2.45, 2.75) is 38.0 Å². The lowest BCUT2D eigenvalue weighted by Gasteiger charge is -2.25. The van der Waals surface area contributed by atoms with E-state index in [1.54, 1.807) is 24.3 Å². The topological polar surface area (TPSA) is 98.7 Å². The van der Waals surface area contributed by atoms with Gasteiger partial charge < -0.3 is 9.84 Å². The predicted molar refractivity (Wildman–Crippen MR) is 89.0 cm³/mol. The van der Waals surface area contributed by atoms with Gasteiger partial charge in [0.15, 0.2) is 0 Å². The Morgan fingerprint density at radius 3 is 2.61 bits per heavy atom. The first-order chi connectivity index (χ1) is 13.4. The first-order valence-corrected chi connectivity index (χ1v) is 8.59. The highest BCUT2D eigenvalue weighted by Gasteiger charge is 2.38. The third-order valence-corrected chi connectivity index (χ3v) is 4.41. The summed E-state index contributed by atoms with van der Waals surface area (Å²) in [4.78, 5) is 19.4. The minimum absolute atomic E-state index is 0.106. The van der Waals surface area contributed by atoms with Gasteiger partial charge in [-0.25, -0.2) is 9.67 Å². The van der Waals surface area contributed by atoms with Gasteiger partial charge in [0.2, 0.25) is 11.6 Å². The molecule has 1 N–H and O–H groups in total. The van der Waals surface area contributed by atoms with Crippen molar-refractivity contribution in [2.24, 2.45) is 0 Å². The number of nitrogens with one attached hydrogen (secondary N) is 1. The van der Waals surface area contributed by atoms with E-state index in [0.717, 1.165) is 24.8 Å². The maximum atomic E-state index is 12.5. The molecular weight excluding hydrogens is 377 g/mol. The second-order valence-corrected chi connectivity index (χ2v) is 6.48. The third kappa shape index (κ3) is 3.87. The Kier molecular flexibility index (Phi) is 4.57. The molecule has 0 radical (unpaired) electrons. The second kappa shape index (κ2) is 7.06. The number of hydrogen-bond donors (Lipinski definition) is 1. The summed E-state index contributed by atoms with van der Waals surface area (Å²) < 4.78 is 43.3. The minimum atomic E-state index is -4.68. The van der Waals surface area contributed by atoms with E-state index >= 15 is 0 Å². The predicted octanol–water partition coefficient (Wildman–Crippen LogP) is 2.68. The number of amides is 1. The van der Waals surface area contributed by atoms with E-state index in [0.29, 0.717) is 12.1 Å². The second-order valence-electron chi connectivity index (χ2n) is 6.48. The van der Waals surface area contributed by atoms with Crippen LogP contribution in [0, 0.1) is 0 Å². The molecule has 0 unspecified atom stereocenters. The molecule has 1 fully saturated rings. The molecule has 146 valence electrons. The summed E-state index contributed by atoms with van der Waals surface area (Å²) in [5.74, 6) is -1.72. The lowest BCUT2D eigenvalue weighted by atomic mass is 9.93. The fourth-order valence-corrected chi connectivity index (χ4v) is 2.68. The summed E-state index contributed by atoms with van der Waals surface area (Å²) in [6, 6.07) is 6.78. The minimum Gasteiger partial charge on any atom is -0.347 e. The van der Waals surface area contributed by atoms with E-state index in [-0.39, 0.29) is 23.6 Å². The van der Waals surface area contributed by atoms with Gasteiger partial charge in [0.25, 0.3) is 5.91 Å². The number of rotatable bonds is 5. The summed E-state index contributed by atoms with van der Waals surface area (Å²) in [7, 11) is 0. The van der Waals surface area contributed by atoms with Crippen molar-refractivity contribution in [1.82, 2.24) is 30.2 Å². The number of carbonyl (C=O) groups excluding carboxylic acids is 1. The fraction of sp³-hybridized carbons (Fsp3) is 0.353. The van der Waals surface area contributed by atoms with E-state index in [4.69, 9.17) is 0 Å². The first-order valence-electron chi connectivity index (χ1n) is 8.59. The normalized spacial score (nSPS) is 14.7. The Balaban J connectivity index is 1.41. The van der Waals surface area contributed by atoms with E-state index < -0.39 is 12.1 Å². The van der Waals surface area contributed by atoms with E-state index in [1.807, 2.05) is 0 Å². The maximum absolute atomic E-state index is 12.5. The van der Waals surface area contributed by atoms with Crippen LogP contribution in [-0.2, 0) is 12.7 Å². The van der Waals surface area contributed by atoms with E-state index in [1.165, 1.54) is 11.0 Å². The van der Waals surface area contributed by atoms with Gasteiger partial charge in [-0.05, 0) is 24.8 Å². The summed E-state index contributed by atoms with van der Waals surface area (Å²) >= 11 is 0. The van der Waals surface area contributed by atoms with Crippen molar-refractivity contribution < 1.29 is 22.5 Å². The van der Waals surface area contributed by atoms with Crippen LogP contribution in [0.1, 0.15) is 41.3 Å². The van der Waals surface area contributed by atoms with Crippen molar-refractivity contribution in [3.05, 3.63) is 47.9 Å². The molecule has 28 heavy (non-hydrogen) atoms. The monoisotopic (exact) mass is 392 g/mol. The van der Waals surface area contributed by atoms with E-state index in [2.05, 4.69) is 30.1 Å². The van der Waals surface area contributed by atoms with Crippen LogP contribution in [-0.4, -0.2) is 36.9 Å². The Bertz CT molecular complexity index is 975. The van der Waals surface area contributed by atoms with E-state index in [9.17, 15) is 18.0 Å². The average molecular weight is 392 g/mol. The zero-order chi connectivity index (χ0) is 19.7. The highest BCUT2D eigenvalue weighted by molar-refractivity contribution is 5.90. The van der Waals surface area contributed by atoms with Gasteiger partial charge in [-0.15, -0.1) is 5.10 Å². The van der Waals surface area contributed by atoms with Crippen LogP contribution in [0.4, 0.5) is 13.2 Å². The van der Waals surface area contributed by atoms with Crippen LogP contribution in [0.3, 0.4) is 0 Å². The molecule has 0 bridgehead atoms. The zero-order valence-electron chi connectivity index (χ0n) is 14.5. The fourth-order valence-electron chi connectivity index (χ4n) is 2.68. The van der Waals surface area contributed by atoms with Gasteiger partial charge in [-0.2, -0.15) is 18.2 Å². The first kappa shape index (κ1) is 18.1. The number of benzene rings is 1. The van der Waals surface area contributed by atoms with Crippen molar-refractivity contribution in [1.29, 1.82) is 0 Å². The summed E-state index contributed by atoms with van der Waals surface area (Å²) in [6.45, 7) is 0.351. The molecule has 1 aliphatic carbocycles. The molecule has 4 rings (SSSR count). The molecule has 1 aliphatic rings. The van der Waals surface area contributed by atoms with Crippen LogP contribution in [0.2, 0.25) is 0 Å². The smallest absolute Gasteiger partial charge is 0.347 e. The van der Waals surface area contributed by atoms with Crippen molar-refractivity contribution >= 4 is 5.91 Å². The summed E-state index contributed by atoms with van der Waals surface area (Å²) in [5.41, 5.74) is 1.21. The van der Waals surface area contributed by atoms with Crippen LogP contribution in [0.15, 0.2) is 35.1 Å². The molecule has 1 amide bonds. The molecule has 0 saturated heterocycles. The molecule has 3 aromatic rings. The van der Waals surface area contributed by atoms with Crippen molar-refractivity contribution in [2.75, 3.05) is 0 Å². The standard InChI is InChI=1S/C17H15F3N6O2/c18-17(19,20)16-23-13(25-28-16)11-6-4-10(5-7-11)8-26-9-21-14(24-26)15(27)22-12-2-1-3-12/h4-7,9,12H,1-3,8H2,(H,22,27). The largest absolute Gasteiger partial charge is 0.471 e. The Labute approximate surface area is 156 Å². The van der Waals surface area contributed by atoms with Gasteiger partial charge in [0.05, 0.1) is 6.54 Å². The number of hydrogen-bond acceptors (Lipinski definition) is 6. The average Bonchev–Trinajstić information content (AvgIpc) is 3.28. The van der Waals surface area contributed by atoms with Crippen LogP contribution in [0.25, 0.3) is 11.4 Å². The summed E-state index contributed by atoms with van der Waals surface area (Å²) in [6.07, 6.45) is -0.156. The van der Waals surface area contributed by atoms with Gasteiger partial charge in [-0.1, -0.05) is 29.4 Å². The third-order valence-electron chi connectivity index (χ3n) is 4.41. The molecule has 11 heteroatoms. The molecule has 1 aromatic carbocycles. The van der Waals surface area contributed by atoms with Gasteiger partial charge in [0, 0.05) is 11.6 Å². The molecule has 0 spiro atoms. The molecule has 8 nitrogen and oxygen atoms in total. The number of nitrogens with zero attached hydrogens (tertiary/aromatic N) is 5. The van der Waals surface area contributed by atoms with Crippen LogP contribution >= 0.6 is 0 Å². The van der Waals surface area contributed by atoms with Gasteiger partial charge in [0.1, 0.15) is 6.33 Å². The van der Waals surface area contributed by atoms with Crippen LogP contribution in [0.5, 0.6) is 0 Å². The highest BCUT2D eigenvalue weighted by Crippen LogP contribution is 2.29. The Morgan fingerprint density at radius 2 is 2.00 bits per heavy atom. The number of halogens is 3. The van der Waals surface area contributed by atoms with Crippen molar-refractivity contribution in [3.63, 3.8) is 0 Å². The van der Waals surface area contributed by atoms with Crippen molar-refractivity contribution in [3.8, 4) is 11.4 Å². The molecule has 2 heterocycles. The Morgan fingerprint density at radius 1 is 1.25 bits per heavy atom. The molecule has 0 aliphatic heterocycles. The lowest BCUT2D eigenvalue weighted by molar-refractivity contribution is -0.159. The van der Waals surface area contributed by atoms with Gasteiger partial charge >= 0.3 is 12.1 Å². The van der Waals surface area contributed by atoms with Gasteiger partial charge in [-0.3, -0.25) is 4.79 Å². The molecule has 0 atom stereocenters. The number of aromatic nitrogens is 5. The molecular formula is C17H15F3N6O2. The zero-order valence-corrected chi connectivity index (χ0v) is 14.5. The molecule has 2 aromatic heterocycles. The Hall–Kier alpha value is -3.24. The lowest BCUT2D eigenvalue weighted by Crippen LogP contribution is -2.39. The van der Waals surface area contributed by atoms with Crippen LogP contribution < -0.4 is 5.32 Å². The quantitative estimate of drug-likeness (QED) is 0.717. The molecule has 1 saturated carbocycles. The SMILES string of the molecule is O=C(NC1CCC1)c1ncn(Cc2ccc(-c3noc(C(F)(F)F)n3)cc2)n1. The number of alkyl halides is 3.